The molecule has 0 rings (SSSR count). The zero-order chi connectivity index (χ0) is 13.0. The number of hydrogen-bond acceptors (Lipinski definition) is 1. The highest BCUT2D eigenvalue weighted by Gasteiger charge is 2.26. The summed E-state index contributed by atoms with van der Waals surface area (Å²) in [5.74, 6) is 0.321. The maximum atomic E-state index is 8.61. The molecule has 0 saturated carbocycles. The lowest BCUT2D eigenvalue weighted by Crippen LogP contribution is -2.27. The fourth-order valence-electron chi connectivity index (χ4n) is 1.26. The summed E-state index contributed by atoms with van der Waals surface area (Å²) in [6.07, 6.45) is 4.16. The van der Waals surface area contributed by atoms with Crippen molar-refractivity contribution in [2.45, 2.75) is 54.5 Å². The van der Waals surface area contributed by atoms with Crippen LogP contribution in [0.3, 0.4) is 0 Å². The lowest BCUT2D eigenvalue weighted by Gasteiger charge is -2.31. The Bertz CT molecular complexity index is 285. The van der Waals surface area contributed by atoms with Gasteiger partial charge in [-0.2, -0.15) is 0 Å². The molecule has 0 spiro atoms. The molecule has 0 amide bonds. The Balaban J connectivity index is 4.90. The number of rotatable bonds is 3. The summed E-state index contributed by atoms with van der Waals surface area (Å²) in [6.45, 7) is 15.1. The van der Waals surface area contributed by atoms with E-state index in [4.69, 9.17) is 5.53 Å². The summed E-state index contributed by atoms with van der Waals surface area (Å²) in [5.41, 5.74) is 8.87. The van der Waals surface area contributed by atoms with E-state index in [1.807, 2.05) is 6.08 Å². The van der Waals surface area contributed by atoms with Gasteiger partial charge in [-0.1, -0.05) is 65.7 Å². The topological polar surface area (TPSA) is 48.8 Å². The minimum Gasteiger partial charge on any atom is -0.0863 e. The number of allylic oxidation sites excluding steroid dienone is 1. The monoisotopic (exact) mass is 223 g/mol. The summed E-state index contributed by atoms with van der Waals surface area (Å²) in [6, 6.07) is -0.0655. The van der Waals surface area contributed by atoms with Crippen LogP contribution in [-0.4, -0.2) is 6.04 Å². The lowest BCUT2D eigenvalue weighted by molar-refractivity contribution is 0.241. The number of hydrogen-bond donors (Lipinski definition) is 0. The molecule has 3 nitrogen and oxygen atoms in total. The summed E-state index contributed by atoms with van der Waals surface area (Å²) in [5, 5.41) is 3.89. The van der Waals surface area contributed by atoms with Gasteiger partial charge in [0.05, 0.1) is 6.04 Å². The molecule has 3 heteroatoms. The first-order valence-electron chi connectivity index (χ1n) is 5.81. The second kappa shape index (κ2) is 5.40. The largest absolute Gasteiger partial charge is 0.0863 e. The minimum absolute atomic E-state index is 0.0655. The molecule has 0 bridgehead atoms. The molecule has 0 radical (unpaired) electrons. The van der Waals surface area contributed by atoms with Crippen LogP contribution >= 0.6 is 0 Å². The van der Waals surface area contributed by atoms with Crippen LogP contribution in [0.4, 0.5) is 0 Å². The average molecular weight is 223 g/mol. The Morgan fingerprint density at radius 2 is 1.62 bits per heavy atom. The highest BCUT2D eigenvalue weighted by molar-refractivity contribution is 5.02. The first-order valence-corrected chi connectivity index (χ1v) is 5.81. The lowest BCUT2D eigenvalue weighted by atomic mass is 9.77. The molecule has 0 aliphatic rings. The van der Waals surface area contributed by atoms with E-state index in [1.165, 1.54) is 0 Å². The van der Waals surface area contributed by atoms with E-state index in [2.05, 4.69) is 64.6 Å². The normalized spacial score (nSPS) is 16.9. The molecule has 0 aromatic carbocycles. The van der Waals surface area contributed by atoms with Crippen LogP contribution in [0.2, 0.25) is 0 Å². The Morgan fingerprint density at radius 1 is 1.12 bits per heavy atom. The van der Waals surface area contributed by atoms with Crippen molar-refractivity contribution in [3.63, 3.8) is 0 Å². The van der Waals surface area contributed by atoms with Crippen molar-refractivity contribution in [3.8, 4) is 0 Å². The van der Waals surface area contributed by atoms with Crippen molar-refractivity contribution in [1.29, 1.82) is 0 Å². The highest BCUT2D eigenvalue weighted by atomic mass is 15.1. The van der Waals surface area contributed by atoms with Crippen LogP contribution in [-0.2, 0) is 0 Å². The van der Waals surface area contributed by atoms with Gasteiger partial charge in [0.25, 0.3) is 0 Å². The van der Waals surface area contributed by atoms with E-state index in [1.54, 1.807) is 0 Å². The van der Waals surface area contributed by atoms with Crippen LogP contribution < -0.4 is 0 Å². The highest BCUT2D eigenvalue weighted by Crippen LogP contribution is 2.31. The summed E-state index contributed by atoms with van der Waals surface area (Å²) in [7, 11) is 0. The molecule has 0 fully saturated rings. The van der Waals surface area contributed by atoms with Crippen molar-refractivity contribution in [2.24, 2.45) is 21.9 Å². The molecule has 1 unspecified atom stereocenters. The second-order valence-electron chi connectivity index (χ2n) is 6.58. The van der Waals surface area contributed by atoms with Gasteiger partial charge >= 0.3 is 0 Å². The van der Waals surface area contributed by atoms with Gasteiger partial charge in [-0.25, -0.2) is 0 Å². The van der Waals surface area contributed by atoms with E-state index >= 15 is 0 Å². The van der Waals surface area contributed by atoms with Crippen LogP contribution in [0, 0.1) is 16.7 Å². The Morgan fingerprint density at radius 3 is 1.94 bits per heavy atom. The zero-order valence-corrected chi connectivity index (χ0v) is 11.7. The molecule has 0 N–H and O–H groups in total. The van der Waals surface area contributed by atoms with Crippen LogP contribution in [0.15, 0.2) is 17.3 Å². The SMILES string of the molecule is C[C@@H](C(C=CC(C)(C)C)N=[N+]=[N-])C(C)(C)C. The van der Waals surface area contributed by atoms with Crippen LogP contribution in [0.5, 0.6) is 0 Å². The van der Waals surface area contributed by atoms with Crippen molar-refractivity contribution < 1.29 is 0 Å². The minimum atomic E-state index is -0.0655. The molecular formula is C13H25N3. The molecule has 0 aromatic rings. The molecule has 0 aliphatic carbocycles. The van der Waals surface area contributed by atoms with Crippen molar-refractivity contribution >= 4 is 0 Å². The summed E-state index contributed by atoms with van der Waals surface area (Å²) in [4.78, 5) is 2.95. The quantitative estimate of drug-likeness (QED) is 0.281. The van der Waals surface area contributed by atoms with E-state index in [-0.39, 0.29) is 16.9 Å². The van der Waals surface area contributed by atoms with E-state index in [0.29, 0.717) is 5.92 Å². The third-order valence-corrected chi connectivity index (χ3v) is 2.86. The maximum absolute atomic E-state index is 8.61. The zero-order valence-electron chi connectivity index (χ0n) is 11.7. The smallest absolute Gasteiger partial charge is 0.0585 e. The third-order valence-electron chi connectivity index (χ3n) is 2.86. The van der Waals surface area contributed by atoms with Gasteiger partial charge in [0, 0.05) is 4.91 Å². The summed E-state index contributed by atoms with van der Waals surface area (Å²) >= 11 is 0. The standard InChI is InChI=1S/C13H25N3/c1-10(13(5,6)7)11(15-16-14)8-9-12(2,3)4/h8-11H,1-7H3/t10-,11?/m0/s1. The third kappa shape index (κ3) is 5.82. The predicted molar refractivity (Wildman–Crippen MR) is 70.1 cm³/mol. The molecule has 16 heavy (non-hydrogen) atoms. The van der Waals surface area contributed by atoms with Gasteiger partial charge in [0.15, 0.2) is 0 Å². The molecular weight excluding hydrogens is 198 g/mol. The van der Waals surface area contributed by atoms with E-state index < -0.39 is 0 Å². The second-order valence-corrected chi connectivity index (χ2v) is 6.58. The molecule has 92 valence electrons. The Labute approximate surface area is 99.6 Å². The van der Waals surface area contributed by atoms with E-state index in [0.717, 1.165) is 0 Å². The Hall–Kier alpha value is -0.950. The van der Waals surface area contributed by atoms with Crippen LogP contribution in [0.25, 0.3) is 10.4 Å². The first kappa shape index (κ1) is 15.0. The Kier molecular flexibility index (Phi) is 5.08. The van der Waals surface area contributed by atoms with Crippen molar-refractivity contribution in [3.05, 3.63) is 22.6 Å². The molecule has 0 saturated heterocycles. The van der Waals surface area contributed by atoms with Gasteiger partial charge in [0.2, 0.25) is 0 Å². The fraction of sp³-hybridized carbons (Fsp3) is 0.846. The number of azide groups is 1. The fourth-order valence-corrected chi connectivity index (χ4v) is 1.26. The molecule has 0 heterocycles. The van der Waals surface area contributed by atoms with Gasteiger partial charge in [0.1, 0.15) is 0 Å². The van der Waals surface area contributed by atoms with Gasteiger partial charge in [-0.15, -0.1) is 0 Å². The molecule has 2 atom stereocenters. The first-order chi connectivity index (χ1) is 7.08. The van der Waals surface area contributed by atoms with E-state index in [9.17, 15) is 0 Å². The number of nitrogens with zero attached hydrogens (tertiary/aromatic N) is 3. The van der Waals surface area contributed by atoms with Gasteiger partial charge in [-0.3, -0.25) is 0 Å². The van der Waals surface area contributed by atoms with Gasteiger partial charge in [-0.05, 0) is 22.3 Å². The van der Waals surface area contributed by atoms with Crippen molar-refractivity contribution in [1.82, 2.24) is 0 Å². The molecule has 0 aromatic heterocycles. The maximum Gasteiger partial charge on any atom is 0.0585 e. The molecule has 0 aliphatic heterocycles. The van der Waals surface area contributed by atoms with Crippen LogP contribution in [0.1, 0.15) is 48.5 Å². The average Bonchev–Trinajstić information content (AvgIpc) is 2.08. The summed E-state index contributed by atoms with van der Waals surface area (Å²) < 4.78 is 0. The predicted octanol–water partition coefficient (Wildman–Crippen LogP) is 4.95. The van der Waals surface area contributed by atoms with Crippen molar-refractivity contribution in [2.75, 3.05) is 0 Å². The van der Waals surface area contributed by atoms with Gasteiger partial charge < -0.3 is 0 Å².